The van der Waals surface area contributed by atoms with Crippen molar-refractivity contribution < 1.29 is 23.8 Å². The summed E-state index contributed by atoms with van der Waals surface area (Å²) in [4.78, 5) is 24.2. The van der Waals surface area contributed by atoms with Gasteiger partial charge in [-0.05, 0) is 54.1 Å². The standard InChI is InChI=1S/C18H25IO5/c1-4-5-6-8-23-17(20)14-10-15(12-16(19)11-14)18(21)24-9-7-13(2)22-3/h10-13H,4-9H2,1-3H3. The Labute approximate surface area is 157 Å². The van der Waals surface area contributed by atoms with E-state index in [4.69, 9.17) is 14.2 Å². The second kappa shape index (κ2) is 11.4. The Hall–Kier alpha value is -1.15. The second-order valence-electron chi connectivity index (χ2n) is 5.54. The number of hydrogen-bond acceptors (Lipinski definition) is 5. The van der Waals surface area contributed by atoms with Crippen LogP contribution in [0.1, 0.15) is 60.2 Å². The third-order valence-electron chi connectivity index (χ3n) is 3.51. The minimum atomic E-state index is -0.447. The molecule has 6 heteroatoms. The van der Waals surface area contributed by atoms with E-state index >= 15 is 0 Å². The van der Waals surface area contributed by atoms with Crippen LogP contribution < -0.4 is 0 Å². The van der Waals surface area contributed by atoms with Crippen LogP contribution in [0.4, 0.5) is 0 Å². The van der Waals surface area contributed by atoms with Gasteiger partial charge < -0.3 is 14.2 Å². The highest BCUT2D eigenvalue weighted by molar-refractivity contribution is 14.1. The topological polar surface area (TPSA) is 61.8 Å². The molecule has 0 spiro atoms. The van der Waals surface area contributed by atoms with Gasteiger partial charge in [0.2, 0.25) is 0 Å². The van der Waals surface area contributed by atoms with Gasteiger partial charge in [0.05, 0.1) is 30.4 Å². The van der Waals surface area contributed by atoms with Crippen LogP contribution in [0.5, 0.6) is 0 Å². The predicted molar refractivity (Wildman–Crippen MR) is 100 cm³/mol. The summed E-state index contributed by atoms with van der Waals surface area (Å²) in [5.74, 6) is -0.858. The lowest BCUT2D eigenvalue weighted by molar-refractivity contribution is 0.0391. The van der Waals surface area contributed by atoms with E-state index in [2.05, 4.69) is 29.5 Å². The van der Waals surface area contributed by atoms with Crippen molar-refractivity contribution in [3.63, 3.8) is 0 Å². The summed E-state index contributed by atoms with van der Waals surface area (Å²) in [6.45, 7) is 4.67. The van der Waals surface area contributed by atoms with Crippen molar-refractivity contribution in [3.8, 4) is 0 Å². The van der Waals surface area contributed by atoms with Crippen molar-refractivity contribution in [3.05, 3.63) is 32.9 Å². The summed E-state index contributed by atoms with van der Waals surface area (Å²) in [5, 5.41) is 0. The average molecular weight is 448 g/mol. The zero-order chi connectivity index (χ0) is 17.9. The van der Waals surface area contributed by atoms with Gasteiger partial charge in [-0.3, -0.25) is 0 Å². The first-order chi connectivity index (χ1) is 11.5. The molecular formula is C18H25IO5. The molecule has 0 saturated heterocycles. The normalized spacial score (nSPS) is 11.8. The van der Waals surface area contributed by atoms with Crippen LogP contribution in [0.25, 0.3) is 0 Å². The smallest absolute Gasteiger partial charge is 0.338 e. The Morgan fingerprint density at radius 2 is 1.62 bits per heavy atom. The number of benzene rings is 1. The molecule has 0 bridgehead atoms. The molecule has 1 rings (SSSR count). The van der Waals surface area contributed by atoms with E-state index in [1.165, 1.54) is 6.07 Å². The van der Waals surface area contributed by atoms with Crippen molar-refractivity contribution >= 4 is 34.5 Å². The van der Waals surface area contributed by atoms with E-state index in [0.717, 1.165) is 22.8 Å². The first kappa shape index (κ1) is 20.9. The third-order valence-corrected chi connectivity index (χ3v) is 4.13. The number of carbonyl (C=O) groups excluding carboxylic acids is 2. The van der Waals surface area contributed by atoms with Gasteiger partial charge in [0, 0.05) is 17.1 Å². The van der Waals surface area contributed by atoms with E-state index in [0.29, 0.717) is 24.2 Å². The Kier molecular flexibility index (Phi) is 9.94. The van der Waals surface area contributed by atoms with Crippen LogP contribution in [-0.2, 0) is 14.2 Å². The van der Waals surface area contributed by atoms with Crippen molar-refractivity contribution in [2.24, 2.45) is 0 Å². The van der Waals surface area contributed by atoms with Gasteiger partial charge in [-0.1, -0.05) is 19.8 Å². The number of unbranched alkanes of at least 4 members (excludes halogenated alkanes) is 2. The van der Waals surface area contributed by atoms with Gasteiger partial charge in [-0.15, -0.1) is 0 Å². The van der Waals surface area contributed by atoms with E-state index in [9.17, 15) is 9.59 Å². The molecule has 0 aliphatic carbocycles. The van der Waals surface area contributed by atoms with Crippen molar-refractivity contribution in [2.75, 3.05) is 20.3 Å². The Bertz CT molecular complexity index is 544. The summed E-state index contributed by atoms with van der Waals surface area (Å²) >= 11 is 2.07. The van der Waals surface area contributed by atoms with Crippen LogP contribution in [0.2, 0.25) is 0 Å². The first-order valence-corrected chi connectivity index (χ1v) is 9.23. The Morgan fingerprint density at radius 3 is 2.17 bits per heavy atom. The van der Waals surface area contributed by atoms with Crippen LogP contribution in [-0.4, -0.2) is 38.4 Å². The molecule has 0 radical (unpaired) electrons. The number of halogens is 1. The summed E-state index contributed by atoms with van der Waals surface area (Å²) < 4.78 is 16.4. The van der Waals surface area contributed by atoms with Crippen LogP contribution in [0, 0.1) is 3.57 Å². The molecule has 5 nitrogen and oxygen atoms in total. The van der Waals surface area contributed by atoms with E-state index in [1.54, 1.807) is 19.2 Å². The summed E-state index contributed by atoms with van der Waals surface area (Å²) in [6, 6.07) is 4.91. The van der Waals surface area contributed by atoms with Crippen molar-refractivity contribution in [2.45, 2.75) is 45.6 Å². The number of hydrogen-bond donors (Lipinski definition) is 0. The maximum Gasteiger partial charge on any atom is 0.338 e. The van der Waals surface area contributed by atoms with Crippen molar-refractivity contribution in [1.82, 2.24) is 0 Å². The molecule has 0 N–H and O–H groups in total. The average Bonchev–Trinajstić information content (AvgIpc) is 2.57. The molecule has 24 heavy (non-hydrogen) atoms. The highest BCUT2D eigenvalue weighted by atomic mass is 127. The van der Waals surface area contributed by atoms with E-state index in [-0.39, 0.29) is 12.7 Å². The molecule has 0 heterocycles. The second-order valence-corrected chi connectivity index (χ2v) is 6.79. The maximum absolute atomic E-state index is 12.1. The largest absolute Gasteiger partial charge is 0.462 e. The molecule has 1 aromatic rings. The van der Waals surface area contributed by atoms with Crippen molar-refractivity contribution in [1.29, 1.82) is 0 Å². The Balaban J connectivity index is 2.64. The lowest BCUT2D eigenvalue weighted by atomic mass is 10.1. The molecular weight excluding hydrogens is 423 g/mol. The summed E-state index contributed by atoms with van der Waals surface area (Å²) in [5.41, 5.74) is 0.725. The minimum absolute atomic E-state index is 0.0300. The van der Waals surface area contributed by atoms with E-state index < -0.39 is 11.9 Å². The zero-order valence-electron chi connectivity index (χ0n) is 14.5. The molecule has 1 unspecified atom stereocenters. The molecule has 0 aliphatic heterocycles. The number of ether oxygens (including phenoxy) is 3. The van der Waals surface area contributed by atoms with Gasteiger partial charge in [0.15, 0.2) is 0 Å². The van der Waals surface area contributed by atoms with Crippen LogP contribution in [0.3, 0.4) is 0 Å². The third kappa shape index (κ3) is 7.61. The fraction of sp³-hybridized carbons (Fsp3) is 0.556. The lowest BCUT2D eigenvalue weighted by Gasteiger charge is -2.10. The number of rotatable bonds is 10. The minimum Gasteiger partial charge on any atom is -0.462 e. The highest BCUT2D eigenvalue weighted by Gasteiger charge is 2.15. The predicted octanol–water partition coefficient (Wildman–Crippen LogP) is 4.22. The van der Waals surface area contributed by atoms with Gasteiger partial charge in [-0.2, -0.15) is 0 Å². The molecule has 1 aromatic carbocycles. The molecule has 0 aromatic heterocycles. The zero-order valence-corrected chi connectivity index (χ0v) is 16.6. The molecule has 0 saturated carbocycles. The Morgan fingerprint density at radius 1 is 1.04 bits per heavy atom. The first-order valence-electron chi connectivity index (χ1n) is 8.15. The monoisotopic (exact) mass is 448 g/mol. The van der Waals surface area contributed by atoms with Gasteiger partial charge in [-0.25, -0.2) is 9.59 Å². The molecule has 0 amide bonds. The molecule has 0 aliphatic rings. The van der Waals surface area contributed by atoms with E-state index in [1.807, 2.05) is 6.92 Å². The molecule has 134 valence electrons. The van der Waals surface area contributed by atoms with Crippen LogP contribution >= 0.6 is 22.6 Å². The van der Waals surface area contributed by atoms with Gasteiger partial charge >= 0.3 is 11.9 Å². The lowest BCUT2D eigenvalue weighted by Crippen LogP contribution is -2.14. The fourth-order valence-corrected chi connectivity index (χ4v) is 2.62. The molecule has 1 atom stereocenters. The molecule has 0 fully saturated rings. The number of methoxy groups -OCH3 is 1. The number of esters is 2. The maximum atomic E-state index is 12.1. The highest BCUT2D eigenvalue weighted by Crippen LogP contribution is 2.15. The fourth-order valence-electron chi connectivity index (χ4n) is 1.94. The summed E-state index contributed by atoms with van der Waals surface area (Å²) in [6.07, 6.45) is 3.59. The quantitative estimate of drug-likeness (QED) is 0.305. The van der Waals surface area contributed by atoms with Gasteiger partial charge in [0.25, 0.3) is 0 Å². The number of carbonyl (C=O) groups is 2. The summed E-state index contributed by atoms with van der Waals surface area (Å²) in [7, 11) is 1.62. The van der Waals surface area contributed by atoms with Crippen LogP contribution in [0.15, 0.2) is 18.2 Å². The van der Waals surface area contributed by atoms with Gasteiger partial charge in [0.1, 0.15) is 0 Å². The SMILES string of the molecule is CCCCCOC(=O)c1cc(I)cc(C(=O)OCCC(C)OC)c1.